The average molecular weight is 395 g/mol. The number of nitrogens with one attached hydrogen (secondary N) is 1. The second kappa shape index (κ2) is 5.90. The molecule has 1 N–H and O–H groups in total. The predicted octanol–water partition coefficient (Wildman–Crippen LogP) is 3.47. The molecule has 0 unspecified atom stereocenters. The third-order valence-corrected chi connectivity index (χ3v) is 6.02. The molecule has 0 saturated heterocycles. The molecule has 4 aromatic rings. The van der Waals surface area contributed by atoms with Gasteiger partial charge in [-0.1, -0.05) is 0 Å². The van der Waals surface area contributed by atoms with Crippen molar-refractivity contribution in [2.24, 2.45) is 0 Å². The number of rotatable bonds is 1. The molecule has 1 atom stereocenters. The van der Waals surface area contributed by atoms with Crippen molar-refractivity contribution in [3.8, 4) is 21.9 Å². The lowest BCUT2D eigenvalue weighted by molar-refractivity contribution is 0.249. The monoisotopic (exact) mass is 395 g/mol. The van der Waals surface area contributed by atoms with Crippen molar-refractivity contribution in [2.75, 3.05) is 18.5 Å². The topological polar surface area (TPSA) is 73.6 Å². The lowest BCUT2D eigenvalue weighted by Crippen LogP contribution is -2.13. The number of benzene rings is 1. The first-order valence-corrected chi connectivity index (χ1v) is 9.74. The van der Waals surface area contributed by atoms with Crippen molar-refractivity contribution in [2.45, 2.75) is 12.5 Å². The van der Waals surface area contributed by atoms with Crippen molar-refractivity contribution in [1.29, 1.82) is 0 Å². The normalized spacial score (nSPS) is 17.5. The Morgan fingerprint density at radius 3 is 2.96 bits per heavy atom. The minimum atomic E-state index is -0.244. The van der Waals surface area contributed by atoms with Crippen LogP contribution < -0.4 is 14.8 Å². The Kier molecular flexibility index (Phi) is 3.33. The summed E-state index contributed by atoms with van der Waals surface area (Å²) in [7, 11) is 0. The number of hydrogen-bond donors (Lipinski definition) is 1. The van der Waals surface area contributed by atoms with Gasteiger partial charge in [0.25, 0.3) is 0 Å². The van der Waals surface area contributed by atoms with Crippen LogP contribution in [0.5, 0.6) is 11.5 Å². The lowest BCUT2D eigenvalue weighted by Gasteiger charge is -2.16. The molecule has 0 amide bonds. The van der Waals surface area contributed by atoms with E-state index in [0.29, 0.717) is 42.5 Å². The zero-order valence-electron chi connectivity index (χ0n) is 14.6. The molecular formula is C19H14FN5O2S. The number of nitrogens with zero attached hydrogens (tertiary/aromatic N) is 4. The van der Waals surface area contributed by atoms with E-state index in [-0.39, 0.29) is 11.7 Å². The molecule has 6 rings (SSSR count). The van der Waals surface area contributed by atoms with Crippen LogP contribution in [0.4, 0.5) is 10.2 Å². The number of anilines is 1. The highest BCUT2D eigenvalue weighted by molar-refractivity contribution is 7.13. The fourth-order valence-corrected chi connectivity index (χ4v) is 4.55. The Bertz CT molecular complexity index is 1210. The maximum Gasteiger partial charge on any atom is 0.171 e. The molecule has 9 heteroatoms. The fourth-order valence-electron chi connectivity index (χ4n) is 3.91. The maximum absolute atomic E-state index is 14.6. The lowest BCUT2D eigenvalue weighted by atomic mass is 9.96. The second-order valence-corrected chi connectivity index (χ2v) is 7.66. The second-order valence-electron chi connectivity index (χ2n) is 6.77. The third-order valence-electron chi connectivity index (χ3n) is 5.22. The van der Waals surface area contributed by atoms with E-state index in [2.05, 4.69) is 20.5 Å². The number of halogens is 1. The van der Waals surface area contributed by atoms with Gasteiger partial charge in [-0.3, -0.25) is 9.38 Å². The Labute approximate surface area is 162 Å². The van der Waals surface area contributed by atoms with Crippen molar-refractivity contribution in [3.63, 3.8) is 0 Å². The summed E-state index contributed by atoms with van der Waals surface area (Å²) in [6.45, 7) is 1.20. The first-order chi connectivity index (χ1) is 13.8. The van der Waals surface area contributed by atoms with Gasteiger partial charge in [0.1, 0.15) is 17.9 Å². The molecule has 0 saturated carbocycles. The third kappa shape index (κ3) is 2.22. The van der Waals surface area contributed by atoms with Gasteiger partial charge in [-0.2, -0.15) is 0 Å². The quantitative estimate of drug-likeness (QED) is 0.532. The molecule has 0 fully saturated rings. The van der Waals surface area contributed by atoms with E-state index in [1.807, 2.05) is 10.5 Å². The van der Waals surface area contributed by atoms with Crippen molar-refractivity contribution < 1.29 is 13.9 Å². The zero-order chi connectivity index (χ0) is 18.7. The van der Waals surface area contributed by atoms with Crippen molar-refractivity contribution in [3.05, 3.63) is 53.2 Å². The first-order valence-electron chi connectivity index (χ1n) is 8.86. The number of ether oxygens (including phenoxy) is 2. The van der Waals surface area contributed by atoms with Gasteiger partial charge in [0.05, 0.1) is 29.5 Å². The standard InChI is InChI=1S/C19H14FN5O2S/c20-13-1-2-14-17-10(6-26-14)7-27-15-3-11(16-5-21-9-28-16)18-24-23-8-25(18)19(15)22-4-12(13)17/h1-3,5,8-10,22H,4,6-7H2/t10-/m0/s1. The van der Waals surface area contributed by atoms with Crippen LogP contribution in [0.25, 0.3) is 16.1 Å². The van der Waals surface area contributed by atoms with E-state index >= 15 is 0 Å². The predicted molar refractivity (Wildman–Crippen MR) is 102 cm³/mol. The van der Waals surface area contributed by atoms with Crippen LogP contribution in [0.15, 0.2) is 36.2 Å². The summed E-state index contributed by atoms with van der Waals surface area (Å²) in [5.74, 6) is 1.84. The Balaban J connectivity index is 1.53. The highest BCUT2D eigenvalue weighted by Gasteiger charge is 2.31. The summed E-state index contributed by atoms with van der Waals surface area (Å²) in [6, 6.07) is 5.10. The Morgan fingerprint density at radius 2 is 2.11 bits per heavy atom. The Hall–Kier alpha value is -3.20. The summed E-state index contributed by atoms with van der Waals surface area (Å²) in [4.78, 5) is 5.14. The number of pyridine rings is 1. The van der Waals surface area contributed by atoms with E-state index in [0.717, 1.165) is 21.8 Å². The molecule has 1 aromatic carbocycles. The maximum atomic E-state index is 14.6. The molecule has 5 heterocycles. The molecule has 0 radical (unpaired) electrons. The van der Waals surface area contributed by atoms with Crippen LogP contribution >= 0.6 is 11.3 Å². The fraction of sp³-hybridized carbons (Fsp3) is 0.211. The molecule has 2 aliphatic heterocycles. The smallest absolute Gasteiger partial charge is 0.171 e. The van der Waals surface area contributed by atoms with Crippen LogP contribution in [-0.4, -0.2) is 32.8 Å². The van der Waals surface area contributed by atoms with E-state index in [4.69, 9.17) is 9.47 Å². The molecule has 7 nitrogen and oxygen atoms in total. The van der Waals surface area contributed by atoms with Crippen molar-refractivity contribution >= 4 is 22.8 Å². The molecular weight excluding hydrogens is 381 g/mol. The van der Waals surface area contributed by atoms with E-state index in [9.17, 15) is 4.39 Å². The molecule has 2 aliphatic rings. The number of aromatic nitrogens is 4. The van der Waals surface area contributed by atoms with Crippen LogP contribution in [0.1, 0.15) is 17.0 Å². The SMILES string of the molecule is Fc1ccc2c3c1CNc1c(cc(-c4cncs4)c4nncn14)OC[C@@H]3CO2. The van der Waals surface area contributed by atoms with Gasteiger partial charge in [-0.25, -0.2) is 4.39 Å². The van der Waals surface area contributed by atoms with Crippen molar-refractivity contribution in [1.82, 2.24) is 19.6 Å². The highest BCUT2D eigenvalue weighted by Crippen LogP contribution is 2.42. The number of hydrogen-bond acceptors (Lipinski definition) is 7. The summed E-state index contributed by atoms with van der Waals surface area (Å²) in [6.07, 6.45) is 3.43. The highest BCUT2D eigenvalue weighted by atomic mass is 32.1. The Morgan fingerprint density at radius 1 is 1.21 bits per heavy atom. The van der Waals surface area contributed by atoms with E-state index in [1.165, 1.54) is 17.4 Å². The van der Waals surface area contributed by atoms with Crippen LogP contribution in [0.3, 0.4) is 0 Å². The molecule has 0 aliphatic carbocycles. The molecule has 140 valence electrons. The minimum Gasteiger partial charge on any atom is -0.493 e. The van der Waals surface area contributed by atoms with Crippen LogP contribution in [0.2, 0.25) is 0 Å². The van der Waals surface area contributed by atoms with Gasteiger partial charge in [0.2, 0.25) is 0 Å². The van der Waals surface area contributed by atoms with Crippen LogP contribution in [0, 0.1) is 5.82 Å². The van der Waals surface area contributed by atoms with Gasteiger partial charge in [-0.15, -0.1) is 21.5 Å². The first kappa shape index (κ1) is 15.8. The van der Waals surface area contributed by atoms with Gasteiger partial charge in [0, 0.05) is 29.4 Å². The average Bonchev–Trinajstić information content (AvgIpc) is 3.45. The molecule has 3 aromatic heterocycles. The van der Waals surface area contributed by atoms with Gasteiger partial charge in [0.15, 0.2) is 17.2 Å². The largest absolute Gasteiger partial charge is 0.493 e. The summed E-state index contributed by atoms with van der Waals surface area (Å²) >= 11 is 1.53. The van der Waals surface area contributed by atoms with Gasteiger partial charge in [-0.05, 0) is 18.2 Å². The van der Waals surface area contributed by atoms with Crippen LogP contribution in [-0.2, 0) is 6.54 Å². The number of fused-ring (bicyclic) bond motifs is 3. The summed E-state index contributed by atoms with van der Waals surface area (Å²) < 4.78 is 28.4. The van der Waals surface area contributed by atoms with Gasteiger partial charge < -0.3 is 14.8 Å². The number of thiazole rings is 1. The van der Waals surface area contributed by atoms with E-state index in [1.54, 1.807) is 24.1 Å². The van der Waals surface area contributed by atoms with E-state index < -0.39 is 0 Å². The molecule has 28 heavy (non-hydrogen) atoms. The summed E-state index contributed by atoms with van der Waals surface area (Å²) in [5, 5.41) is 11.7. The zero-order valence-corrected chi connectivity index (χ0v) is 15.4. The van der Waals surface area contributed by atoms with Gasteiger partial charge >= 0.3 is 0 Å². The minimum absolute atomic E-state index is 0.0167. The summed E-state index contributed by atoms with van der Waals surface area (Å²) in [5.41, 5.74) is 4.87. The molecule has 0 spiro atoms. The molecule has 0 bridgehead atoms.